The summed E-state index contributed by atoms with van der Waals surface area (Å²) in [5.41, 5.74) is 7.65. The van der Waals surface area contributed by atoms with Crippen molar-refractivity contribution in [2.45, 2.75) is 52.0 Å². The van der Waals surface area contributed by atoms with Gasteiger partial charge in [-0.25, -0.2) is 0 Å². The van der Waals surface area contributed by atoms with Crippen LogP contribution in [0.25, 0.3) is 0 Å². The van der Waals surface area contributed by atoms with E-state index in [4.69, 9.17) is 18.0 Å². The average Bonchev–Trinajstić information content (AvgIpc) is 2.38. The van der Waals surface area contributed by atoms with Gasteiger partial charge in [0.15, 0.2) is 0 Å². The molecule has 4 heteroatoms. The molecule has 0 aliphatic heterocycles. The van der Waals surface area contributed by atoms with E-state index in [0.29, 0.717) is 11.0 Å². The molecule has 1 rings (SSSR count). The Morgan fingerprint density at radius 2 is 2.05 bits per heavy atom. The van der Waals surface area contributed by atoms with Gasteiger partial charge in [0.25, 0.3) is 0 Å². The fourth-order valence-corrected chi connectivity index (χ4v) is 2.71. The Balaban J connectivity index is 2.75. The van der Waals surface area contributed by atoms with Gasteiger partial charge in [-0.2, -0.15) is 0 Å². The van der Waals surface area contributed by atoms with Crippen LogP contribution < -0.4 is 11.1 Å². The van der Waals surface area contributed by atoms with Gasteiger partial charge in [-0.05, 0) is 47.0 Å². The summed E-state index contributed by atoms with van der Waals surface area (Å²) < 4.78 is 1.02. The molecule has 0 saturated carbocycles. The van der Waals surface area contributed by atoms with Crippen molar-refractivity contribution in [3.05, 3.63) is 28.2 Å². The van der Waals surface area contributed by atoms with Gasteiger partial charge in [-0.3, -0.25) is 0 Å². The first-order chi connectivity index (χ1) is 9.08. The van der Waals surface area contributed by atoms with Crippen LogP contribution in [-0.2, 0) is 0 Å². The minimum absolute atomic E-state index is 0.434. The Labute approximate surface area is 130 Å². The van der Waals surface area contributed by atoms with Gasteiger partial charge in [0.2, 0.25) is 0 Å². The first-order valence-electron chi connectivity index (χ1n) is 6.94. The van der Waals surface area contributed by atoms with Gasteiger partial charge in [0.1, 0.15) is 4.99 Å². The van der Waals surface area contributed by atoms with Gasteiger partial charge >= 0.3 is 0 Å². The summed E-state index contributed by atoms with van der Waals surface area (Å²) in [5.74, 6) is 0. The number of unbranched alkanes of at least 4 members (excludes halogenated alkanes) is 1. The lowest BCUT2D eigenvalue weighted by atomic mass is 10.0. The van der Waals surface area contributed by atoms with Crippen LogP contribution >= 0.6 is 28.1 Å². The molecule has 1 aromatic carbocycles. The highest BCUT2D eigenvalue weighted by molar-refractivity contribution is 9.10. The van der Waals surface area contributed by atoms with Crippen molar-refractivity contribution in [2.75, 3.05) is 5.32 Å². The maximum atomic E-state index is 5.64. The van der Waals surface area contributed by atoms with Crippen molar-refractivity contribution in [1.29, 1.82) is 0 Å². The van der Waals surface area contributed by atoms with E-state index in [2.05, 4.69) is 35.1 Å². The number of halogens is 1. The molecule has 106 valence electrons. The minimum atomic E-state index is 0.434. The third-order valence-electron chi connectivity index (χ3n) is 3.16. The molecule has 0 radical (unpaired) electrons. The standard InChI is InChI=1S/C15H23BrN2S/c1-3-5-7-12(6-4-2)18-14-9-8-11(15(17)19)10-13(14)16/h8-10,12,18H,3-7H2,1-2H3,(H2,17,19). The van der Waals surface area contributed by atoms with Gasteiger partial charge in [-0.1, -0.05) is 45.3 Å². The smallest absolute Gasteiger partial charge is 0.104 e. The summed E-state index contributed by atoms with van der Waals surface area (Å²) in [5, 5.41) is 3.62. The van der Waals surface area contributed by atoms with Crippen LogP contribution in [0.4, 0.5) is 5.69 Å². The van der Waals surface area contributed by atoms with Crippen molar-refractivity contribution in [3.63, 3.8) is 0 Å². The van der Waals surface area contributed by atoms with Crippen LogP contribution in [0.1, 0.15) is 51.5 Å². The fourth-order valence-electron chi connectivity index (χ4n) is 2.09. The van der Waals surface area contributed by atoms with Gasteiger partial charge in [0, 0.05) is 21.8 Å². The Hall–Kier alpha value is -0.610. The zero-order chi connectivity index (χ0) is 14.3. The van der Waals surface area contributed by atoms with E-state index in [1.165, 1.54) is 32.1 Å². The second-order valence-electron chi connectivity index (χ2n) is 4.83. The maximum absolute atomic E-state index is 5.64. The fraction of sp³-hybridized carbons (Fsp3) is 0.533. The molecule has 0 bridgehead atoms. The lowest BCUT2D eigenvalue weighted by molar-refractivity contribution is 0.564. The van der Waals surface area contributed by atoms with E-state index < -0.39 is 0 Å². The largest absolute Gasteiger partial charge is 0.389 e. The summed E-state index contributed by atoms with van der Waals surface area (Å²) in [6.45, 7) is 4.46. The molecule has 0 spiro atoms. The first-order valence-corrected chi connectivity index (χ1v) is 8.14. The number of hydrogen-bond donors (Lipinski definition) is 2. The molecule has 0 fully saturated rings. The number of nitrogens with one attached hydrogen (secondary N) is 1. The van der Waals surface area contributed by atoms with Gasteiger partial charge in [0.05, 0.1) is 0 Å². The molecule has 0 aliphatic rings. The Kier molecular flexibility index (Phi) is 7.39. The lowest BCUT2D eigenvalue weighted by Gasteiger charge is -2.20. The Morgan fingerprint density at radius 1 is 1.32 bits per heavy atom. The summed E-state index contributed by atoms with van der Waals surface area (Å²) >= 11 is 8.57. The molecule has 19 heavy (non-hydrogen) atoms. The number of hydrogen-bond acceptors (Lipinski definition) is 2. The summed E-state index contributed by atoms with van der Waals surface area (Å²) in [6.07, 6.45) is 6.12. The molecule has 1 atom stereocenters. The summed E-state index contributed by atoms with van der Waals surface area (Å²) in [4.78, 5) is 0.434. The monoisotopic (exact) mass is 342 g/mol. The Morgan fingerprint density at radius 3 is 2.58 bits per heavy atom. The quantitative estimate of drug-likeness (QED) is 0.663. The molecule has 0 heterocycles. The highest BCUT2D eigenvalue weighted by Gasteiger charge is 2.10. The van der Waals surface area contributed by atoms with Crippen LogP contribution in [0.15, 0.2) is 22.7 Å². The zero-order valence-corrected chi connectivity index (χ0v) is 14.1. The van der Waals surface area contributed by atoms with Gasteiger partial charge in [-0.15, -0.1) is 0 Å². The van der Waals surface area contributed by atoms with Crippen molar-refractivity contribution < 1.29 is 0 Å². The molecular formula is C15H23BrN2S. The normalized spacial score (nSPS) is 12.2. The molecule has 3 N–H and O–H groups in total. The molecule has 0 amide bonds. The molecule has 1 unspecified atom stereocenters. The third-order valence-corrected chi connectivity index (χ3v) is 4.05. The summed E-state index contributed by atoms with van der Waals surface area (Å²) in [7, 11) is 0. The zero-order valence-electron chi connectivity index (χ0n) is 11.7. The molecule has 0 aliphatic carbocycles. The number of nitrogens with two attached hydrogens (primary N) is 1. The van der Waals surface area contributed by atoms with Crippen LogP contribution in [0.2, 0.25) is 0 Å². The van der Waals surface area contributed by atoms with Crippen LogP contribution in [0, 0.1) is 0 Å². The molecule has 2 nitrogen and oxygen atoms in total. The second kappa shape index (κ2) is 8.54. The first kappa shape index (κ1) is 16.4. The number of anilines is 1. The predicted octanol–water partition coefficient (Wildman–Crippen LogP) is 4.85. The SMILES string of the molecule is CCCCC(CCC)Nc1ccc(C(N)=S)cc1Br. The van der Waals surface area contributed by atoms with E-state index in [1.54, 1.807) is 0 Å². The average molecular weight is 343 g/mol. The molecule has 1 aromatic rings. The minimum Gasteiger partial charge on any atom is -0.389 e. The van der Waals surface area contributed by atoms with Crippen LogP contribution in [0.5, 0.6) is 0 Å². The van der Waals surface area contributed by atoms with Crippen molar-refractivity contribution >= 4 is 38.8 Å². The van der Waals surface area contributed by atoms with E-state index in [1.807, 2.05) is 18.2 Å². The molecule has 0 saturated heterocycles. The van der Waals surface area contributed by atoms with Crippen LogP contribution in [-0.4, -0.2) is 11.0 Å². The van der Waals surface area contributed by atoms with E-state index in [0.717, 1.165) is 15.7 Å². The summed E-state index contributed by atoms with van der Waals surface area (Å²) in [6, 6.07) is 6.54. The van der Waals surface area contributed by atoms with Gasteiger partial charge < -0.3 is 11.1 Å². The molecular weight excluding hydrogens is 320 g/mol. The second-order valence-corrected chi connectivity index (χ2v) is 6.13. The van der Waals surface area contributed by atoms with E-state index in [-0.39, 0.29) is 0 Å². The van der Waals surface area contributed by atoms with Crippen molar-refractivity contribution in [1.82, 2.24) is 0 Å². The number of benzene rings is 1. The highest BCUT2D eigenvalue weighted by Crippen LogP contribution is 2.26. The van der Waals surface area contributed by atoms with E-state index >= 15 is 0 Å². The van der Waals surface area contributed by atoms with Crippen LogP contribution in [0.3, 0.4) is 0 Å². The maximum Gasteiger partial charge on any atom is 0.104 e. The highest BCUT2D eigenvalue weighted by atomic mass is 79.9. The third kappa shape index (κ3) is 5.49. The van der Waals surface area contributed by atoms with E-state index in [9.17, 15) is 0 Å². The predicted molar refractivity (Wildman–Crippen MR) is 91.9 cm³/mol. The van der Waals surface area contributed by atoms with Crippen molar-refractivity contribution in [3.8, 4) is 0 Å². The Bertz CT molecular complexity index is 421. The van der Waals surface area contributed by atoms with Crippen molar-refractivity contribution in [2.24, 2.45) is 5.73 Å². The number of thiocarbonyl (C=S) groups is 1. The number of rotatable bonds is 8. The topological polar surface area (TPSA) is 38.0 Å². The lowest BCUT2D eigenvalue weighted by Crippen LogP contribution is -2.19. The molecule has 0 aromatic heterocycles.